The summed E-state index contributed by atoms with van der Waals surface area (Å²) >= 11 is 0. The fourth-order valence-corrected chi connectivity index (χ4v) is 9.00. The Morgan fingerprint density at radius 3 is 1.67 bits per heavy atom. The maximum Gasteiger partial charge on any atom is 0.673 e. The van der Waals surface area contributed by atoms with Crippen LogP contribution in [0.15, 0.2) is 24.3 Å². The summed E-state index contributed by atoms with van der Waals surface area (Å²) in [6.45, 7) is 4.68. The van der Waals surface area contributed by atoms with Gasteiger partial charge in [0.25, 0.3) is 0 Å². The van der Waals surface area contributed by atoms with Crippen molar-refractivity contribution < 1.29 is 17.3 Å². The van der Waals surface area contributed by atoms with Crippen molar-refractivity contribution in [3.05, 3.63) is 29.8 Å². The van der Waals surface area contributed by atoms with Crippen molar-refractivity contribution in [3.8, 4) is 0 Å². The molecule has 2 fully saturated rings. The van der Waals surface area contributed by atoms with E-state index in [2.05, 4.69) is 38.1 Å². The zero-order chi connectivity index (χ0) is 19.9. The third-order valence-electron chi connectivity index (χ3n) is 5.98. The highest BCUT2D eigenvalue weighted by molar-refractivity contribution is 7.67. The van der Waals surface area contributed by atoms with Gasteiger partial charge in [-0.25, -0.2) is 0 Å². The molecule has 1 aromatic rings. The second-order valence-corrected chi connectivity index (χ2v) is 11.5. The molecule has 0 aromatic heterocycles. The van der Waals surface area contributed by atoms with E-state index in [0.29, 0.717) is 5.92 Å². The first-order valence-electron chi connectivity index (χ1n) is 10.6. The monoisotopic (exact) mass is 404 g/mol. The van der Waals surface area contributed by atoms with Gasteiger partial charge >= 0.3 is 7.25 Å². The van der Waals surface area contributed by atoms with E-state index < -0.39 is 7.25 Å². The Balaban J connectivity index is 0.000000465. The van der Waals surface area contributed by atoms with Crippen molar-refractivity contribution in [1.82, 2.24) is 0 Å². The smallest absolute Gasteiger partial charge is 0.418 e. The molecule has 0 spiro atoms. The molecule has 0 radical (unpaired) electrons. The predicted molar refractivity (Wildman–Crippen MR) is 112 cm³/mol. The van der Waals surface area contributed by atoms with Crippen LogP contribution in [0.4, 0.5) is 17.3 Å². The molecule has 0 atom stereocenters. The van der Waals surface area contributed by atoms with E-state index in [9.17, 15) is 17.3 Å². The Bertz CT molecular complexity index is 525. The summed E-state index contributed by atoms with van der Waals surface area (Å²) in [4.78, 5) is 0. The van der Waals surface area contributed by atoms with E-state index in [1.54, 1.807) is 10.9 Å². The first kappa shape index (κ1) is 22.7. The highest BCUT2D eigenvalue weighted by atomic mass is 31.1. The van der Waals surface area contributed by atoms with Crippen LogP contribution in [0.2, 0.25) is 0 Å². The molecular formula is C21H34BF4P. The molecule has 2 saturated carbocycles. The molecule has 0 heterocycles. The van der Waals surface area contributed by atoms with E-state index in [-0.39, 0.29) is 7.92 Å². The van der Waals surface area contributed by atoms with Crippen LogP contribution in [0.3, 0.4) is 0 Å². The molecule has 3 rings (SSSR count). The SMILES string of the molecule is CC(C)c1cccc([PH+](C2CCCCC2)C2CCCCC2)c1.F[B-](F)(F)F. The minimum atomic E-state index is -6.00. The van der Waals surface area contributed by atoms with Crippen LogP contribution >= 0.6 is 7.92 Å². The average Bonchev–Trinajstić information content (AvgIpc) is 2.63. The Morgan fingerprint density at radius 1 is 0.815 bits per heavy atom. The molecule has 2 aliphatic carbocycles. The van der Waals surface area contributed by atoms with Crippen LogP contribution < -0.4 is 5.30 Å². The van der Waals surface area contributed by atoms with Gasteiger partial charge in [0.15, 0.2) is 0 Å². The van der Waals surface area contributed by atoms with E-state index in [1.165, 1.54) is 64.2 Å². The number of benzene rings is 1. The summed E-state index contributed by atoms with van der Waals surface area (Å²) in [5, 5.41) is 1.77. The minimum absolute atomic E-state index is 0.379. The molecule has 0 nitrogen and oxygen atoms in total. The average molecular weight is 404 g/mol. The normalized spacial score (nSPS) is 19.9. The van der Waals surface area contributed by atoms with E-state index >= 15 is 0 Å². The molecule has 6 heteroatoms. The number of halogens is 4. The van der Waals surface area contributed by atoms with Crippen LogP contribution in [-0.2, 0) is 0 Å². The fraction of sp³-hybridized carbons (Fsp3) is 0.714. The maximum atomic E-state index is 9.75. The highest BCUT2D eigenvalue weighted by Crippen LogP contribution is 2.54. The molecule has 2 aliphatic rings. The second kappa shape index (κ2) is 10.8. The predicted octanol–water partition coefficient (Wildman–Crippen LogP) is 7.61. The van der Waals surface area contributed by atoms with Crippen LogP contribution in [0.5, 0.6) is 0 Å². The van der Waals surface area contributed by atoms with Gasteiger partial charge in [-0.05, 0) is 75.0 Å². The molecule has 27 heavy (non-hydrogen) atoms. The van der Waals surface area contributed by atoms with Gasteiger partial charge in [-0.15, -0.1) is 0 Å². The summed E-state index contributed by atoms with van der Waals surface area (Å²) in [6, 6.07) is 9.78. The standard InChI is InChI=1S/C21H33P.BF4/c1-17(2)18-10-9-15-21(16-18)22(19-11-5-3-6-12-19)20-13-7-4-8-14-20;2-1(3,4)5/h9-10,15-17,19-20H,3-8,11-14H2,1-2H3;/q;-1/p+1. The third kappa shape index (κ3) is 8.14. The fourth-order valence-electron chi connectivity index (χ4n) is 4.71. The van der Waals surface area contributed by atoms with Gasteiger partial charge in [-0.1, -0.05) is 38.8 Å². The van der Waals surface area contributed by atoms with Gasteiger partial charge in [0.1, 0.15) is 0 Å². The summed E-state index contributed by atoms with van der Waals surface area (Å²) in [5.74, 6) is 0.668. The zero-order valence-corrected chi connectivity index (χ0v) is 17.7. The van der Waals surface area contributed by atoms with Crippen molar-refractivity contribution in [2.45, 2.75) is 95.3 Å². The van der Waals surface area contributed by atoms with Crippen LogP contribution in [-0.4, -0.2) is 18.6 Å². The molecule has 1 aromatic carbocycles. The van der Waals surface area contributed by atoms with E-state index in [1.807, 2.05) is 0 Å². The molecule has 0 amide bonds. The lowest BCUT2D eigenvalue weighted by molar-refractivity contribution is 0.368. The summed E-state index contributed by atoms with van der Waals surface area (Å²) < 4.78 is 39.0. The van der Waals surface area contributed by atoms with Crippen LogP contribution in [0, 0.1) is 0 Å². The number of hydrogen-bond donors (Lipinski definition) is 0. The molecule has 0 unspecified atom stereocenters. The number of hydrogen-bond acceptors (Lipinski definition) is 0. The lowest BCUT2D eigenvalue weighted by Crippen LogP contribution is -2.26. The number of rotatable bonds is 4. The second-order valence-electron chi connectivity index (χ2n) is 8.40. The highest BCUT2D eigenvalue weighted by Gasteiger charge is 2.39. The van der Waals surface area contributed by atoms with Gasteiger partial charge in [-0.3, -0.25) is 0 Å². The molecule has 0 aliphatic heterocycles. The molecule has 0 saturated heterocycles. The van der Waals surface area contributed by atoms with Crippen molar-refractivity contribution in [2.75, 3.05) is 0 Å². The summed E-state index contributed by atoms with van der Waals surface area (Å²) in [6.07, 6.45) is 15.1. The molecular weight excluding hydrogens is 370 g/mol. The van der Waals surface area contributed by atoms with Gasteiger partial charge in [0.2, 0.25) is 0 Å². The first-order chi connectivity index (χ1) is 12.8. The van der Waals surface area contributed by atoms with Gasteiger partial charge in [-0.2, -0.15) is 0 Å². The summed E-state index contributed by atoms with van der Waals surface area (Å²) in [5.41, 5.74) is 3.68. The van der Waals surface area contributed by atoms with E-state index in [0.717, 1.165) is 11.3 Å². The largest absolute Gasteiger partial charge is 0.673 e. The molecule has 154 valence electrons. The van der Waals surface area contributed by atoms with Crippen molar-refractivity contribution in [2.24, 2.45) is 0 Å². The topological polar surface area (TPSA) is 0 Å². The summed E-state index contributed by atoms with van der Waals surface area (Å²) in [7, 11) is -6.38. The van der Waals surface area contributed by atoms with Crippen LogP contribution in [0.1, 0.15) is 89.5 Å². The van der Waals surface area contributed by atoms with Gasteiger partial charge in [0, 0.05) is 7.92 Å². The first-order valence-corrected chi connectivity index (χ1v) is 12.3. The lowest BCUT2D eigenvalue weighted by atomic mass is 9.99. The maximum absolute atomic E-state index is 9.75. The third-order valence-corrected chi connectivity index (χ3v) is 9.87. The quantitative estimate of drug-likeness (QED) is 0.275. The Morgan fingerprint density at radius 2 is 1.26 bits per heavy atom. The van der Waals surface area contributed by atoms with Crippen molar-refractivity contribution >= 4 is 20.5 Å². The minimum Gasteiger partial charge on any atom is -0.418 e. The zero-order valence-electron chi connectivity index (χ0n) is 16.7. The van der Waals surface area contributed by atoms with Crippen LogP contribution in [0.25, 0.3) is 0 Å². The Labute approximate surface area is 163 Å². The van der Waals surface area contributed by atoms with Gasteiger partial charge < -0.3 is 17.3 Å². The van der Waals surface area contributed by atoms with Crippen molar-refractivity contribution in [1.29, 1.82) is 0 Å². The molecule has 0 bridgehead atoms. The van der Waals surface area contributed by atoms with E-state index in [4.69, 9.17) is 0 Å². The Hall–Kier alpha value is -0.565. The Kier molecular flexibility index (Phi) is 9.12. The van der Waals surface area contributed by atoms with Gasteiger partial charge in [0.05, 0.1) is 16.6 Å². The molecule has 0 N–H and O–H groups in total. The lowest BCUT2D eigenvalue weighted by Gasteiger charge is -2.32. The van der Waals surface area contributed by atoms with Crippen molar-refractivity contribution in [3.63, 3.8) is 0 Å².